The van der Waals surface area contributed by atoms with E-state index in [9.17, 15) is 9.59 Å². The molecule has 2 aliphatic rings. The monoisotopic (exact) mass is 320 g/mol. The van der Waals surface area contributed by atoms with Crippen molar-refractivity contribution in [2.24, 2.45) is 11.8 Å². The summed E-state index contributed by atoms with van der Waals surface area (Å²) in [5.74, 6) is 0.357. The summed E-state index contributed by atoms with van der Waals surface area (Å²) in [5, 5.41) is -0.417. The number of halogens is 1. The van der Waals surface area contributed by atoms with Crippen molar-refractivity contribution >= 4 is 34.1 Å². The van der Waals surface area contributed by atoms with E-state index < -0.39 is 5.24 Å². The lowest BCUT2D eigenvalue weighted by Crippen LogP contribution is -2.35. The lowest BCUT2D eigenvalue weighted by Gasteiger charge is -2.34. The van der Waals surface area contributed by atoms with Gasteiger partial charge in [0.1, 0.15) is 0 Å². The van der Waals surface area contributed by atoms with Crippen molar-refractivity contribution in [2.75, 3.05) is 29.4 Å². The normalized spacial score (nSPS) is 23.2. The van der Waals surface area contributed by atoms with Crippen LogP contribution in [0.25, 0.3) is 0 Å². The van der Waals surface area contributed by atoms with Crippen LogP contribution in [0.15, 0.2) is 24.3 Å². The molecule has 0 unspecified atom stereocenters. The molecule has 0 radical (unpaired) electrons. The van der Waals surface area contributed by atoms with E-state index in [4.69, 9.17) is 11.6 Å². The van der Waals surface area contributed by atoms with Gasteiger partial charge < -0.3 is 9.80 Å². The fourth-order valence-corrected chi connectivity index (χ4v) is 3.45. The first kappa shape index (κ1) is 15.3. The van der Waals surface area contributed by atoms with E-state index in [0.29, 0.717) is 6.54 Å². The summed E-state index contributed by atoms with van der Waals surface area (Å²) in [6.07, 6.45) is 2.56. The highest BCUT2D eigenvalue weighted by Gasteiger charge is 2.35. The molecule has 0 spiro atoms. The molecular formula is C17H21ClN2O2. The van der Waals surface area contributed by atoms with Crippen LogP contribution in [0.5, 0.6) is 0 Å². The number of hydrogen-bond acceptors (Lipinski definition) is 3. The highest BCUT2D eigenvalue weighted by atomic mass is 35.5. The Labute approximate surface area is 136 Å². The average Bonchev–Trinajstić information content (AvgIpc) is 2.90. The number of anilines is 2. The highest BCUT2D eigenvalue weighted by Crippen LogP contribution is 2.35. The van der Waals surface area contributed by atoms with Gasteiger partial charge in [-0.1, -0.05) is 19.1 Å². The number of rotatable bonds is 3. The fourth-order valence-electron chi connectivity index (χ4n) is 3.30. The summed E-state index contributed by atoms with van der Waals surface area (Å²) < 4.78 is 0. The van der Waals surface area contributed by atoms with Crippen molar-refractivity contribution < 1.29 is 9.59 Å². The summed E-state index contributed by atoms with van der Waals surface area (Å²) in [7, 11) is 0. The molecule has 0 N–H and O–H groups in total. The molecule has 4 nitrogen and oxygen atoms in total. The first-order valence-electron chi connectivity index (χ1n) is 7.90. The minimum atomic E-state index is -0.417. The van der Waals surface area contributed by atoms with Gasteiger partial charge in [-0.25, -0.2) is 0 Å². The Bertz CT molecular complexity index is 582. The van der Waals surface area contributed by atoms with Crippen LogP contribution < -0.4 is 9.80 Å². The Hall–Kier alpha value is -1.55. The number of benzene rings is 1. The van der Waals surface area contributed by atoms with Gasteiger partial charge in [0.15, 0.2) is 0 Å². The molecule has 1 amide bonds. The molecule has 2 fully saturated rings. The molecule has 0 aromatic heterocycles. The third kappa shape index (κ3) is 2.98. The van der Waals surface area contributed by atoms with Crippen molar-refractivity contribution in [2.45, 2.75) is 26.2 Å². The summed E-state index contributed by atoms with van der Waals surface area (Å²) in [6, 6.07) is 7.97. The summed E-state index contributed by atoms with van der Waals surface area (Å²) >= 11 is 5.58. The molecule has 1 atom stereocenters. The van der Waals surface area contributed by atoms with Crippen LogP contribution in [0.4, 0.5) is 11.4 Å². The third-order valence-corrected chi connectivity index (χ3v) is 5.05. The van der Waals surface area contributed by atoms with Crippen molar-refractivity contribution in [3.05, 3.63) is 24.3 Å². The van der Waals surface area contributed by atoms with Crippen LogP contribution in [0.2, 0.25) is 0 Å². The Morgan fingerprint density at radius 3 is 2.41 bits per heavy atom. The number of piperidine rings is 1. The van der Waals surface area contributed by atoms with E-state index in [1.807, 2.05) is 18.2 Å². The predicted molar refractivity (Wildman–Crippen MR) is 88.4 cm³/mol. The summed E-state index contributed by atoms with van der Waals surface area (Å²) in [5.41, 5.74) is 1.99. The van der Waals surface area contributed by atoms with E-state index in [-0.39, 0.29) is 18.2 Å². The van der Waals surface area contributed by atoms with Crippen LogP contribution in [-0.2, 0) is 9.59 Å². The molecule has 0 saturated carbocycles. The predicted octanol–water partition coefficient (Wildman–Crippen LogP) is 3.04. The zero-order chi connectivity index (χ0) is 15.7. The minimum Gasteiger partial charge on any atom is -0.370 e. The quantitative estimate of drug-likeness (QED) is 0.804. The fraction of sp³-hybridized carbons (Fsp3) is 0.529. The lowest BCUT2D eigenvalue weighted by molar-refractivity contribution is -0.120. The Balaban J connectivity index is 1.85. The van der Waals surface area contributed by atoms with Gasteiger partial charge in [0.25, 0.3) is 0 Å². The number of amides is 1. The largest absolute Gasteiger partial charge is 0.370 e. The van der Waals surface area contributed by atoms with Crippen LogP contribution in [-0.4, -0.2) is 30.8 Å². The molecule has 118 valence electrons. The van der Waals surface area contributed by atoms with Crippen LogP contribution in [0, 0.1) is 11.8 Å². The Morgan fingerprint density at radius 2 is 1.82 bits per heavy atom. The summed E-state index contributed by atoms with van der Waals surface area (Å²) in [6.45, 7) is 4.70. The topological polar surface area (TPSA) is 40.6 Å². The van der Waals surface area contributed by atoms with E-state index in [0.717, 1.165) is 30.4 Å². The van der Waals surface area contributed by atoms with Gasteiger partial charge in [-0.2, -0.15) is 0 Å². The van der Waals surface area contributed by atoms with Crippen molar-refractivity contribution in [1.82, 2.24) is 0 Å². The van der Waals surface area contributed by atoms with Gasteiger partial charge in [-0.05, 0) is 42.5 Å². The first-order chi connectivity index (χ1) is 10.6. The second-order valence-corrected chi connectivity index (χ2v) is 6.74. The molecular weight excluding hydrogens is 300 g/mol. The van der Waals surface area contributed by atoms with Gasteiger partial charge in [0, 0.05) is 26.1 Å². The van der Waals surface area contributed by atoms with Crippen molar-refractivity contribution in [3.63, 3.8) is 0 Å². The zero-order valence-electron chi connectivity index (χ0n) is 12.8. The van der Waals surface area contributed by atoms with E-state index in [1.165, 1.54) is 12.8 Å². The number of para-hydroxylation sites is 2. The van der Waals surface area contributed by atoms with Crippen molar-refractivity contribution in [3.8, 4) is 0 Å². The molecule has 3 rings (SSSR count). The number of carbonyl (C=O) groups is 2. The van der Waals surface area contributed by atoms with Crippen LogP contribution >= 0.6 is 11.6 Å². The van der Waals surface area contributed by atoms with Gasteiger partial charge in [0.05, 0.1) is 17.3 Å². The van der Waals surface area contributed by atoms with E-state index in [1.54, 1.807) is 4.90 Å². The average molecular weight is 321 g/mol. The Morgan fingerprint density at radius 1 is 1.18 bits per heavy atom. The van der Waals surface area contributed by atoms with Gasteiger partial charge >= 0.3 is 0 Å². The smallest absolute Gasteiger partial charge is 0.227 e. The van der Waals surface area contributed by atoms with Crippen LogP contribution in [0.1, 0.15) is 26.2 Å². The SMILES string of the molecule is CC1CCN(c2ccccc2N2C[C@@H](C(=O)Cl)CC2=O)CC1. The second-order valence-electron chi connectivity index (χ2n) is 6.37. The second kappa shape index (κ2) is 6.29. The standard InChI is InChI=1S/C17H21ClN2O2/c1-12-6-8-19(9-7-12)14-4-2-3-5-15(14)20-11-13(17(18)22)10-16(20)21/h2-5,12-13H,6-11H2,1H3/t13-/m0/s1. The molecule has 1 aromatic rings. The molecule has 22 heavy (non-hydrogen) atoms. The molecule has 2 heterocycles. The van der Waals surface area contributed by atoms with E-state index in [2.05, 4.69) is 17.9 Å². The Kier molecular flexibility index (Phi) is 4.39. The zero-order valence-corrected chi connectivity index (χ0v) is 13.6. The lowest BCUT2D eigenvalue weighted by atomic mass is 9.98. The van der Waals surface area contributed by atoms with Gasteiger partial charge in [-0.15, -0.1) is 0 Å². The molecule has 0 aliphatic carbocycles. The molecule has 2 saturated heterocycles. The first-order valence-corrected chi connectivity index (χ1v) is 8.27. The number of hydrogen-bond donors (Lipinski definition) is 0. The molecule has 0 bridgehead atoms. The van der Waals surface area contributed by atoms with Crippen LogP contribution in [0.3, 0.4) is 0 Å². The maximum atomic E-state index is 12.3. The van der Waals surface area contributed by atoms with Gasteiger partial charge in [0.2, 0.25) is 11.1 Å². The molecule has 5 heteroatoms. The highest BCUT2D eigenvalue weighted by molar-refractivity contribution is 6.64. The van der Waals surface area contributed by atoms with Crippen molar-refractivity contribution in [1.29, 1.82) is 0 Å². The molecule has 1 aromatic carbocycles. The maximum absolute atomic E-state index is 12.3. The summed E-state index contributed by atoms with van der Waals surface area (Å²) in [4.78, 5) is 27.7. The molecule has 2 aliphatic heterocycles. The van der Waals surface area contributed by atoms with Gasteiger partial charge in [-0.3, -0.25) is 9.59 Å². The number of nitrogens with zero attached hydrogens (tertiary/aromatic N) is 2. The minimum absolute atomic E-state index is 0.0168. The third-order valence-electron chi connectivity index (χ3n) is 4.74. The number of carbonyl (C=O) groups excluding carboxylic acids is 2. The van der Waals surface area contributed by atoms with E-state index >= 15 is 0 Å². The maximum Gasteiger partial charge on any atom is 0.227 e.